The van der Waals surface area contributed by atoms with Crippen LogP contribution < -0.4 is 0 Å². The van der Waals surface area contributed by atoms with Crippen LogP contribution in [0.3, 0.4) is 0 Å². The highest BCUT2D eigenvalue weighted by Crippen LogP contribution is 1.55. The Morgan fingerprint density at radius 2 is 2.14 bits per heavy atom. The molecule has 0 saturated heterocycles. The van der Waals surface area contributed by atoms with Crippen molar-refractivity contribution in [3.05, 3.63) is 0 Å². The van der Waals surface area contributed by atoms with Gasteiger partial charge in [-0.05, 0) is 6.92 Å². The molecule has 0 atom stereocenters. The molecule has 0 aromatic heterocycles. The number of alkyl halides is 1. The quantitative estimate of drug-likeness (QED) is 0.406. The molecule has 0 aromatic rings. The number of carbonyl (C=O) groups excluding carboxylic acids is 1. The molecule has 0 aliphatic carbocycles. The summed E-state index contributed by atoms with van der Waals surface area (Å²) in [6, 6.07) is 0. The molecule has 0 spiro atoms. The molecule has 0 aliphatic heterocycles. The Hall–Kier alpha value is -0.240. The van der Waals surface area contributed by atoms with E-state index in [1.807, 2.05) is 0 Å². The van der Waals surface area contributed by atoms with Gasteiger partial charge in [0.2, 0.25) is 0 Å². The third-order valence-corrected chi connectivity index (χ3v) is 0.235. The Kier molecular flexibility index (Phi) is 24.2. The SMILES string of the molecule is CCOC=O.CCl. The number of hydrogen-bond acceptors (Lipinski definition) is 2. The van der Waals surface area contributed by atoms with Crippen LogP contribution in [0.25, 0.3) is 0 Å². The molecule has 0 N–H and O–H groups in total. The topological polar surface area (TPSA) is 26.3 Å². The maximum atomic E-state index is 9.18. The van der Waals surface area contributed by atoms with E-state index in [4.69, 9.17) is 0 Å². The molecule has 3 heteroatoms. The summed E-state index contributed by atoms with van der Waals surface area (Å²) in [4.78, 5) is 9.18. The second-order valence-corrected chi connectivity index (χ2v) is 0.552. The first-order chi connectivity index (χ1) is 3.41. The summed E-state index contributed by atoms with van der Waals surface area (Å²) in [6.45, 7) is 2.66. The van der Waals surface area contributed by atoms with E-state index in [1.165, 1.54) is 6.38 Å². The monoisotopic (exact) mass is 124 g/mol. The van der Waals surface area contributed by atoms with Crippen molar-refractivity contribution in [2.75, 3.05) is 13.0 Å². The Morgan fingerprint density at radius 3 is 2.14 bits per heavy atom. The fraction of sp³-hybridized carbons (Fsp3) is 0.750. The molecule has 0 aliphatic rings. The van der Waals surface area contributed by atoms with Crippen molar-refractivity contribution in [3.8, 4) is 0 Å². The predicted octanol–water partition coefficient (Wildman–Crippen LogP) is 1.03. The Morgan fingerprint density at radius 1 is 1.71 bits per heavy atom. The molecule has 0 amide bonds. The molecule has 0 bridgehead atoms. The van der Waals surface area contributed by atoms with E-state index < -0.39 is 0 Å². The zero-order valence-corrected chi connectivity index (χ0v) is 5.23. The number of halogens is 1. The van der Waals surface area contributed by atoms with Gasteiger partial charge in [-0.2, -0.15) is 0 Å². The summed E-state index contributed by atoms with van der Waals surface area (Å²) in [5.74, 6) is 0. The van der Waals surface area contributed by atoms with Crippen LogP contribution in [0, 0.1) is 0 Å². The lowest BCUT2D eigenvalue weighted by atomic mass is 10.9. The summed E-state index contributed by atoms with van der Waals surface area (Å²) in [5, 5.41) is 0. The minimum absolute atomic E-state index is 0.431. The average molecular weight is 125 g/mol. The van der Waals surface area contributed by atoms with E-state index in [-0.39, 0.29) is 0 Å². The van der Waals surface area contributed by atoms with Gasteiger partial charge < -0.3 is 4.74 Å². The molecule has 0 fully saturated rings. The lowest BCUT2D eigenvalue weighted by molar-refractivity contribution is -0.128. The van der Waals surface area contributed by atoms with Crippen LogP contribution in [0.4, 0.5) is 0 Å². The van der Waals surface area contributed by atoms with Gasteiger partial charge in [0.15, 0.2) is 0 Å². The van der Waals surface area contributed by atoms with Crippen LogP contribution in [0.1, 0.15) is 6.92 Å². The van der Waals surface area contributed by atoms with Crippen molar-refractivity contribution in [2.45, 2.75) is 6.92 Å². The Bertz CT molecular complexity index is 30.9. The standard InChI is InChI=1S/C3H6O2.CH3Cl/c1-2-5-3-4;1-2/h3H,2H2,1H3;1H3. The molecule has 0 rings (SSSR count). The summed E-state index contributed by atoms with van der Waals surface area (Å²) in [7, 11) is 0. The number of ether oxygens (including phenoxy) is 1. The lowest BCUT2D eigenvalue weighted by Crippen LogP contribution is -1.80. The second-order valence-electron chi connectivity index (χ2n) is 0.552. The summed E-state index contributed by atoms with van der Waals surface area (Å²) in [5.41, 5.74) is 0. The van der Waals surface area contributed by atoms with Gasteiger partial charge in [0, 0.05) is 6.38 Å². The van der Waals surface area contributed by atoms with Gasteiger partial charge in [-0.3, -0.25) is 4.79 Å². The molecule has 7 heavy (non-hydrogen) atoms. The van der Waals surface area contributed by atoms with E-state index in [0.29, 0.717) is 13.1 Å². The zero-order chi connectivity index (χ0) is 6.12. The highest BCUT2D eigenvalue weighted by Gasteiger charge is 1.60. The number of hydrogen-bond donors (Lipinski definition) is 0. The molecule has 0 radical (unpaired) electrons. The Labute approximate surface area is 48.4 Å². The molecule has 2 nitrogen and oxygen atoms in total. The molecular formula is C4H9ClO2. The van der Waals surface area contributed by atoms with E-state index in [1.54, 1.807) is 6.92 Å². The third kappa shape index (κ3) is 26.3. The van der Waals surface area contributed by atoms with Gasteiger partial charge in [0.05, 0.1) is 6.61 Å². The van der Waals surface area contributed by atoms with Crippen LogP contribution >= 0.6 is 11.6 Å². The van der Waals surface area contributed by atoms with Crippen molar-refractivity contribution in [2.24, 2.45) is 0 Å². The lowest BCUT2D eigenvalue weighted by Gasteiger charge is -1.79. The summed E-state index contributed by atoms with van der Waals surface area (Å²) >= 11 is 4.64. The number of carbonyl (C=O) groups is 1. The maximum Gasteiger partial charge on any atom is 0.293 e. The van der Waals surface area contributed by atoms with Gasteiger partial charge in [-0.1, -0.05) is 0 Å². The average Bonchev–Trinajstić information content (AvgIpc) is 1.75. The first-order valence-corrected chi connectivity index (χ1v) is 2.60. The second kappa shape index (κ2) is 17.1. The predicted molar refractivity (Wildman–Crippen MR) is 29.5 cm³/mol. The number of rotatable bonds is 2. The van der Waals surface area contributed by atoms with Crippen molar-refractivity contribution in [1.29, 1.82) is 0 Å². The van der Waals surface area contributed by atoms with Gasteiger partial charge in [0.1, 0.15) is 0 Å². The normalized spacial score (nSPS) is 5.57. The van der Waals surface area contributed by atoms with Crippen molar-refractivity contribution in [1.82, 2.24) is 0 Å². The van der Waals surface area contributed by atoms with Gasteiger partial charge >= 0.3 is 0 Å². The Balaban J connectivity index is 0. The maximum absolute atomic E-state index is 9.18. The van der Waals surface area contributed by atoms with Crippen molar-refractivity contribution in [3.63, 3.8) is 0 Å². The highest BCUT2D eigenvalue weighted by molar-refractivity contribution is 6.15. The van der Waals surface area contributed by atoms with Crippen LogP contribution in [0.2, 0.25) is 0 Å². The molecule has 0 heterocycles. The highest BCUT2D eigenvalue weighted by atomic mass is 35.5. The van der Waals surface area contributed by atoms with Crippen molar-refractivity contribution < 1.29 is 9.53 Å². The van der Waals surface area contributed by atoms with Crippen LogP contribution in [0.15, 0.2) is 0 Å². The van der Waals surface area contributed by atoms with Crippen molar-refractivity contribution >= 4 is 18.1 Å². The first kappa shape index (κ1) is 9.90. The third-order valence-electron chi connectivity index (χ3n) is 0.235. The van der Waals surface area contributed by atoms with E-state index in [0.717, 1.165) is 0 Å². The molecule has 44 valence electrons. The fourth-order valence-electron chi connectivity index (χ4n) is 0.0680. The van der Waals surface area contributed by atoms with E-state index >= 15 is 0 Å². The van der Waals surface area contributed by atoms with E-state index in [9.17, 15) is 4.79 Å². The minimum Gasteiger partial charge on any atom is -0.468 e. The smallest absolute Gasteiger partial charge is 0.293 e. The van der Waals surface area contributed by atoms with E-state index in [2.05, 4.69) is 16.3 Å². The van der Waals surface area contributed by atoms with Crippen LogP contribution in [-0.2, 0) is 9.53 Å². The first-order valence-electron chi connectivity index (χ1n) is 1.85. The summed E-state index contributed by atoms with van der Waals surface area (Å²) in [6.07, 6.45) is 1.47. The molecule has 0 saturated carbocycles. The van der Waals surface area contributed by atoms with Gasteiger partial charge in [-0.15, -0.1) is 11.6 Å². The van der Waals surface area contributed by atoms with Crippen LogP contribution in [-0.4, -0.2) is 19.5 Å². The largest absolute Gasteiger partial charge is 0.468 e. The van der Waals surface area contributed by atoms with Gasteiger partial charge in [0.25, 0.3) is 6.47 Å². The molecule has 0 unspecified atom stereocenters. The molecule has 0 aromatic carbocycles. The summed E-state index contributed by atoms with van der Waals surface area (Å²) < 4.78 is 4.15. The molecular weight excluding hydrogens is 115 g/mol. The van der Waals surface area contributed by atoms with Crippen LogP contribution in [0.5, 0.6) is 0 Å². The fourth-order valence-corrected chi connectivity index (χ4v) is 0.0680. The van der Waals surface area contributed by atoms with Gasteiger partial charge in [-0.25, -0.2) is 0 Å². The minimum atomic E-state index is 0.431. The zero-order valence-electron chi connectivity index (χ0n) is 4.48.